The lowest BCUT2D eigenvalue weighted by molar-refractivity contribution is 0.574. The Balaban J connectivity index is 3.19. The fourth-order valence-corrected chi connectivity index (χ4v) is 4.19. The molecule has 0 unspecified atom stereocenters. The summed E-state index contributed by atoms with van der Waals surface area (Å²) in [4.78, 5) is 0.467. The lowest BCUT2D eigenvalue weighted by Crippen LogP contribution is -2.27. The highest BCUT2D eigenvalue weighted by molar-refractivity contribution is 7.89. The number of rotatable bonds is 6. The molecule has 4 heteroatoms. The van der Waals surface area contributed by atoms with Gasteiger partial charge >= 0.3 is 0 Å². The van der Waals surface area contributed by atoms with E-state index in [4.69, 9.17) is 0 Å². The lowest BCUT2D eigenvalue weighted by Gasteiger charge is -2.19. The van der Waals surface area contributed by atoms with E-state index in [-0.39, 0.29) is 0 Å². The monoisotopic (exact) mass is 297 g/mol. The second-order valence-electron chi connectivity index (χ2n) is 5.56. The molecule has 1 aromatic carbocycles. The number of hydrogen-bond donors (Lipinski definition) is 1. The van der Waals surface area contributed by atoms with Crippen LogP contribution in [0.15, 0.2) is 4.90 Å². The Bertz CT molecular complexity index is 560. The Labute approximate surface area is 123 Å². The van der Waals surface area contributed by atoms with Gasteiger partial charge in [0.25, 0.3) is 0 Å². The molecule has 0 aromatic heterocycles. The van der Waals surface area contributed by atoms with E-state index in [0.717, 1.165) is 41.5 Å². The SMILES string of the molecule is CCCCCNS(=O)(=O)c1c(C)c(C)c(C)c(C)c1C. The molecule has 20 heavy (non-hydrogen) atoms. The van der Waals surface area contributed by atoms with E-state index in [2.05, 4.69) is 18.6 Å². The molecule has 0 fully saturated rings. The van der Waals surface area contributed by atoms with Gasteiger partial charge in [0.1, 0.15) is 0 Å². The minimum Gasteiger partial charge on any atom is -0.211 e. The normalized spacial score (nSPS) is 11.9. The predicted molar refractivity (Wildman–Crippen MR) is 84.8 cm³/mol. The Kier molecular flexibility index (Phi) is 5.78. The van der Waals surface area contributed by atoms with Crippen LogP contribution >= 0.6 is 0 Å². The third-order valence-electron chi connectivity index (χ3n) is 4.27. The van der Waals surface area contributed by atoms with Crippen LogP contribution in [-0.4, -0.2) is 15.0 Å². The van der Waals surface area contributed by atoms with E-state index in [1.165, 1.54) is 5.56 Å². The Hall–Kier alpha value is -0.870. The van der Waals surface area contributed by atoms with Crippen molar-refractivity contribution in [3.05, 3.63) is 27.8 Å². The zero-order valence-corrected chi connectivity index (χ0v) is 14.4. The number of benzene rings is 1. The van der Waals surface area contributed by atoms with Gasteiger partial charge in [-0.25, -0.2) is 13.1 Å². The molecule has 0 aliphatic carbocycles. The summed E-state index contributed by atoms with van der Waals surface area (Å²) in [5, 5.41) is 0. The summed E-state index contributed by atoms with van der Waals surface area (Å²) in [6.45, 7) is 12.5. The molecule has 0 bridgehead atoms. The minimum absolute atomic E-state index is 0.467. The molecule has 0 atom stereocenters. The smallest absolute Gasteiger partial charge is 0.211 e. The van der Waals surface area contributed by atoms with Gasteiger partial charge in [0.2, 0.25) is 10.0 Å². The first-order valence-corrected chi connectivity index (χ1v) is 8.79. The highest BCUT2D eigenvalue weighted by Crippen LogP contribution is 2.29. The average molecular weight is 297 g/mol. The van der Waals surface area contributed by atoms with Gasteiger partial charge in [0, 0.05) is 6.54 Å². The minimum atomic E-state index is -3.41. The summed E-state index contributed by atoms with van der Waals surface area (Å²) in [7, 11) is -3.41. The van der Waals surface area contributed by atoms with Gasteiger partial charge in [0.15, 0.2) is 0 Å². The fourth-order valence-electron chi connectivity index (χ4n) is 2.52. The molecule has 1 rings (SSSR count). The molecule has 0 radical (unpaired) electrons. The van der Waals surface area contributed by atoms with E-state index < -0.39 is 10.0 Å². The first-order chi connectivity index (χ1) is 9.24. The van der Waals surface area contributed by atoms with Gasteiger partial charge in [-0.2, -0.15) is 0 Å². The zero-order valence-electron chi connectivity index (χ0n) is 13.6. The summed E-state index contributed by atoms with van der Waals surface area (Å²) >= 11 is 0. The van der Waals surface area contributed by atoms with Gasteiger partial charge in [-0.3, -0.25) is 0 Å². The van der Waals surface area contributed by atoms with Crippen LogP contribution < -0.4 is 4.72 Å². The topological polar surface area (TPSA) is 46.2 Å². The van der Waals surface area contributed by atoms with Crippen molar-refractivity contribution < 1.29 is 8.42 Å². The molecule has 3 nitrogen and oxygen atoms in total. The molecule has 0 spiro atoms. The molecule has 0 amide bonds. The molecular weight excluding hydrogens is 270 g/mol. The van der Waals surface area contributed by atoms with Crippen molar-refractivity contribution in [3.63, 3.8) is 0 Å². The third-order valence-corrected chi connectivity index (χ3v) is 6.01. The average Bonchev–Trinajstić information content (AvgIpc) is 2.39. The Morgan fingerprint density at radius 2 is 1.25 bits per heavy atom. The van der Waals surface area contributed by atoms with Crippen molar-refractivity contribution in [3.8, 4) is 0 Å². The molecule has 114 valence electrons. The fraction of sp³-hybridized carbons (Fsp3) is 0.625. The highest BCUT2D eigenvalue weighted by Gasteiger charge is 2.22. The number of unbranched alkanes of at least 4 members (excludes halogenated alkanes) is 2. The van der Waals surface area contributed by atoms with E-state index in [1.54, 1.807) is 0 Å². The van der Waals surface area contributed by atoms with Crippen molar-refractivity contribution in [2.75, 3.05) is 6.54 Å². The van der Waals surface area contributed by atoms with Crippen molar-refractivity contribution in [1.29, 1.82) is 0 Å². The van der Waals surface area contributed by atoms with Gasteiger partial charge in [-0.1, -0.05) is 19.8 Å². The van der Waals surface area contributed by atoms with E-state index in [9.17, 15) is 8.42 Å². The van der Waals surface area contributed by atoms with Crippen molar-refractivity contribution in [2.24, 2.45) is 0 Å². The second kappa shape index (κ2) is 6.72. The summed E-state index contributed by atoms with van der Waals surface area (Å²) in [6.07, 6.45) is 3.02. The zero-order chi connectivity index (χ0) is 15.5. The quantitative estimate of drug-likeness (QED) is 0.814. The van der Waals surface area contributed by atoms with Crippen LogP contribution in [0.25, 0.3) is 0 Å². The third kappa shape index (κ3) is 3.41. The molecule has 0 saturated heterocycles. The van der Waals surface area contributed by atoms with Gasteiger partial charge in [0.05, 0.1) is 4.90 Å². The summed E-state index contributed by atoms with van der Waals surface area (Å²) in [5.41, 5.74) is 5.07. The Morgan fingerprint density at radius 1 is 0.800 bits per heavy atom. The molecule has 0 heterocycles. The number of sulfonamides is 1. The van der Waals surface area contributed by atoms with Crippen LogP contribution in [0.2, 0.25) is 0 Å². The highest BCUT2D eigenvalue weighted by atomic mass is 32.2. The number of hydrogen-bond acceptors (Lipinski definition) is 2. The largest absolute Gasteiger partial charge is 0.241 e. The maximum atomic E-state index is 12.5. The van der Waals surface area contributed by atoms with E-state index >= 15 is 0 Å². The van der Waals surface area contributed by atoms with Gasteiger partial charge < -0.3 is 0 Å². The van der Waals surface area contributed by atoms with Crippen molar-refractivity contribution >= 4 is 10.0 Å². The van der Waals surface area contributed by atoms with Crippen molar-refractivity contribution in [2.45, 2.75) is 65.7 Å². The van der Waals surface area contributed by atoms with Crippen LogP contribution in [0, 0.1) is 34.6 Å². The molecule has 0 saturated carbocycles. The molecule has 1 aromatic rings. The van der Waals surface area contributed by atoms with Gasteiger partial charge in [-0.05, 0) is 68.9 Å². The Morgan fingerprint density at radius 3 is 1.70 bits per heavy atom. The summed E-state index contributed by atoms with van der Waals surface area (Å²) < 4.78 is 27.8. The van der Waals surface area contributed by atoms with Gasteiger partial charge in [-0.15, -0.1) is 0 Å². The maximum Gasteiger partial charge on any atom is 0.241 e. The van der Waals surface area contributed by atoms with Crippen LogP contribution in [0.3, 0.4) is 0 Å². The molecule has 0 aliphatic rings. The van der Waals surface area contributed by atoms with Crippen molar-refractivity contribution in [1.82, 2.24) is 4.72 Å². The molecular formula is C16H27NO2S. The van der Waals surface area contributed by atoms with Crippen LogP contribution in [0.4, 0.5) is 0 Å². The van der Waals surface area contributed by atoms with E-state index in [0.29, 0.717) is 11.4 Å². The first kappa shape index (κ1) is 17.2. The van der Waals surface area contributed by atoms with Crippen LogP contribution in [-0.2, 0) is 10.0 Å². The molecule has 0 aliphatic heterocycles. The van der Waals surface area contributed by atoms with Crippen LogP contribution in [0.5, 0.6) is 0 Å². The number of nitrogens with one attached hydrogen (secondary N) is 1. The lowest BCUT2D eigenvalue weighted by atomic mass is 9.95. The second-order valence-corrected chi connectivity index (χ2v) is 7.26. The predicted octanol–water partition coefficient (Wildman–Crippen LogP) is 3.70. The van der Waals surface area contributed by atoms with Crippen LogP contribution in [0.1, 0.15) is 54.0 Å². The standard InChI is InChI=1S/C16H27NO2S/c1-7-8-9-10-17-20(18,19)16-14(5)12(3)11(2)13(4)15(16)6/h17H,7-10H2,1-6H3. The maximum absolute atomic E-state index is 12.5. The summed E-state index contributed by atoms with van der Waals surface area (Å²) in [6, 6.07) is 0. The first-order valence-electron chi connectivity index (χ1n) is 7.30. The van der Waals surface area contributed by atoms with E-state index in [1.807, 2.05) is 27.7 Å². The summed E-state index contributed by atoms with van der Waals surface area (Å²) in [5.74, 6) is 0. The molecule has 1 N–H and O–H groups in total.